The number of piperidine rings is 1. The molecule has 0 saturated carbocycles. The lowest BCUT2D eigenvalue weighted by Gasteiger charge is -2.36. The van der Waals surface area contributed by atoms with Gasteiger partial charge in [-0.2, -0.15) is 10.5 Å². The van der Waals surface area contributed by atoms with Crippen molar-refractivity contribution in [3.05, 3.63) is 29.3 Å². The first kappa shape index (κ1) is 16.8. The molecule has 1 aliphatic rings. The number of carbonyl (C=O) groups is 1. The lowest BCUT2D eigenvalue weighted by atomic mass is 9.93. The van der Waals surface area contributed by atoms with Gasteiger partial charge >= 0.3 is 0 Å². The second-order valence-electron chi connectivity index (χ2n) is 6.23. The molecule has 0 radical (unpaired) electrons. The Morgan fingerprint density at radius 3 is 2.17 bits per heavy atom. The first-order valence-corrected chi connectivity index (χ1v) is 7.94. The Kier molecular flexibility index (Phi) is 5.24. The number of benzene rings is 1. The van der Waals surface area contributed by atoms with Gasteiger partial charge in [-0.15, -0.1) is 0 Å². The van der Waals surface area contributed by atoms with Crippen molar-refractivity contribution >= 4 is 11.6 Å². The molecule has 1 aromatic rings. The lowest BCUT2D eigenvalue weighted by molar-refractivity contribution is -0.136. The summed E-state index contributed by atoms with van der Waals surface area (Å²) in [6.45, 7) is 5.40. The molecule has 2 rings (SSSR count). The minimum absolute atomic E-state index is 0.0263. The van der Waals surface area contributed by atoms with Crippen molar-refractivity contribution in [2.45, 2.75) is 32.7 Å². The molecule has 1 aromatic carbocycles. The van der Waals surface area contributed by atoms with Crippen molar-refractivity contribution in [3.63, 3.8) is 0 Å². The molecule has 0 unspecified atom stereocenters. The molecule has 0 aliphatic carbocycles. The number of nitriles is 2. The van der Waals surface area contributed by atoms with Gasteiger partial charge in [0.1, 0.15) is 12.1 Å². The Morgan fingerprint density at radius 2 is 1.74 bits per heavy atom. The van der Waals surface area contributed by atoms with Gasteiger partial charge in [0.2, 0.25) is 5.91 Å². The van der Waals surface area contributed by atoms with Crippen molar-refractivity contribution in [3.8, 4) is 12.1 Å². The maximum atomic E-state index is 12.4. The standard InChI is InChI=1S/C18H22N4O/c1-13(2)21(3)18(23)14-7-9-22(10-8-14)17-15(11-19)5-4-6-16(17)12-20/h4-6,13-14H,7-10H2,1-3H3. The second-order valence-corrected chi connectivity index (χ2v) is 6.23. The van der Waals surface area contributed by atoms with E-state index in [2.05, 4.69) is 17.0 Å². The highest BCUT2D eigenvalue weighted by Crippen LogP contribution is 2.30. The molecule has 0 bridgehead atoms. The minimum atomic E-state index is 0.0263. The van der Waals surface area contributed by atoms with Crippen LogP contribution in [0.4, 0.5) is 5.69 Å². The highest BCUT2D eigenvalue weighted by Gasteiger charge is 2.29. The smallest absolute Gasteiger partial charge is 0.225 e. The van der Waals surface area contributed by atoms with Crippen molar-refractivity contribution in [1.29, 1.82) is 10.5 Å². The fraction of sp³-hybridized carbons (Fsp3) is 0.500. The van der Waals surface area contributed by atoms with Gasteiger partial charge in [0.15, 0.2) is 0 Å². The van der Waals surface area contributed by atoms with Crippen LogP contribution in [-0.2, 0) is 4.79 Å². The van der Waals surface area contributed by atoms with Gasteiger partial charge in [0.25, 0.3) is 0 Å². The van der Waals surface area contributed by atoms with Gasteiger partial charge in [0.05, 0.1) is 16.8 Å². The molecule has 0 atom stereocenters. The molecular formula is C18H22N4O. The molecule has 1 fully saturated rings. The number of anilines is 1. The fourth-order valence-corrected chi connectivity index (χ4v) is 2.96. The molecule has 0 N–H and O–H groups in total. The van der Waals surface area contributed by atoms with E-state index in [9.17, 15) is 15.3 Å². The zero-order valence-corrected chi connectivity index (χ0v) is 13.9. The Balaban J connectivity index is 2.13. The average Bonchev–Trinajstić information content (AvgIpc) is 2.59. The van der Waals surface area contributed by atoms with Crippen molar-refractivity contribution in [1.82, 2.24) is 4.90 Å². The topological polar surface area (TPSA) is 71.1 Å². The summed E-state index contributed by atoms with van der Waals surface area (Å²) in [6.07, 6.45) is 1.50. The van der Waals surface area contributed by atoms with Gasteiger partial charge in [-0.1, -0.05) is 6.07 Å². The van der Waals surface area contributed by atoms with Crippen LogP contribution in [0.1, 0.15) is 37.8 Å². The maximum absolute atomic E-state index is 12.4. The van der Waals surface area contributed by atoms with E-state index in [4.69, 9.17) is 0 Å². The van der Waals surface area contributed by atoms with Crippen LogP contribution in [0.25, 0.3) is 0 Å². The van der Waals surface area contributed by atoms with Crippen LogP contribution in [0.15, 0.2) is 18.2 Å². The van der Waals surface area contributed by atoms with E-state index in [1.165, 1.54) is 0 Å². The molecule has 0 aromatic heterocycles. The highest BCUT2D eigenvalue weighted by molar-refractivity contribution is 5.79. The van der Waals surface area contributed by atoms with Crippen LogP contribution < -0.4 is 4.90 Å². The Hall–Kier alpha value is -2.53. The third-order valence-electron chi connectivity index (χ3n) is 4.56. The van der Waals surface area contributed by atoms with Crippen molar-refractivity contribution < 1.29 is 4.79 Å². The van der Waals surface area contributed by atoms with E-state index in [1.807, 2.05) is 20.9 Å². The number of carbonyl (C=O) groups excluding carboxylic acids is 1. The number of hydrogen-bond acceptors (Lipinski definition) is 4. The van der Waals surface area contributed by atoms with Crippen molar-refractivity contribution in [2.75, 3.05) is 25.0 Å². The zero-order chi connectivity index (χ0) is 17.0. The Morgan fingerprint density at radius 1 is 1.22 bits per heavy atom. The van der Waals surface area contributed by atoms with Gasteiger partial charge in [-0.05, 0) is 38.8 Å². The lowest BCUT2D eigenvalue weighted by Crippen LogP contribution is -2.43. The predicted molar refractivity (Wildman–Crippen MR) is 88.7 cm³/mol. The maximum Gasteiger partial charge on any atom is 0.225 e. The molecule has 0 spiro atoms. The van der Waals surface area contributed by atoms with Crippen LogP contribution in [0.2, 0.25) is 0 Å². The first-order chi connectivity index (χ1) is 11.0. The summed E-state index contributed by atoms with van der Waals surface area (Å²) >= 11 is 0. The summed E-state index contributed by atoms with van der Waals surface area (Å²) < 4.78 is 0. The van der Waals surface area contributed by atoms with E-state index >= 15 is 0 Å². The van der Waals surface area contributed by atoms with Gasteiger partial charge in [-0.3, -0.25) is 4.79 Å². The summed E-state index contributed by atoms with van der Waals surface area (Å²) in [5.41, 5.74) is 1.75. The molecular weight excluding hydrogens is 288 g/mol. The van der Waals surface area contributed by atoms with E-state index in [0.717, 1.165) is 12.8 Å². The summed E-state index contributed by atoms with van der Waals surface area (Å²) in [4.78, 5) is 16.3. The molecule has 120 valence electrons. The Labute approximate surface area is 137 Å². The highest BCUT2D eigenvalue weighted by atomic mass is 16.2. The fourth-order valence-electron chi connectivity index (χ4n) is 2.96. The number of nitrogens with zero attached hydrogens (tertiary/aromatic N) is 4. The third-order valence-corrected chi connectivity index (χ3v) is 4.56. The summed E-state index contributed by atoms with van der Waals surface area (Å²) in [5.74, 6) is 0.215. The van der Waals surface area contributed by atoms with E-state index in [1.54, 1.807) is 23.1 Å². The van der Waals surface area contributed by atoms with Crippen LogP contribution in [0.3, 0.4) is 0 Å². The van der Waals surface area contributed by atoms with Crippen LogP contribution in [-0.4, -0.2) is 37.0 Å². The number of rotatable bonds is 3. The molecule has 1 saturated heterocycles. The van der Waals surface area contributed by atoms with Crippen LogP contribution in [0.5, 0.6) is 0 Å². The summed E-state index contributed by atoms with van der Waals surface area (Å²) in [5, 5.41) is 18.6. The molecule has 1 heterocycles. The minimum Gasteiger partial charge on any atom is -0.369 e. The molecule has 1 aliphatic heterocycles. The third kappa shape index (κ3) is 3.46. The molecule has 1 amide bonds. The predicted octanol–water partition coefficient (Wildman–Crippen LogP) is 2.51. The van der Waals surface area contributed by atoms with Crippen LogP contribution >= 0.6 is 0 Å². The van der Waals surface area contributed by atoms with Crippen LogP contribution in [0, 0.1) is 28.6 Å². The quantitative estimate of drug-likeness (QED) is 0.860. The first-order valence-electron chi connectivity index (χ1n) is 7.94. The van der Waals surface area contributed by atoms with E-state index in [0.29, 0.717) is 29.9 Å². The SMILES string of the molecule is CC(C)N(C)C(=O)C1CCN(c2c(C#N)cccc2C#N)CC1. The van der Waals surface area contributed by atoms with Gasteiger partial charge in [-0.25, -0.2) is 0 Å². The number of para-hydroxylation sites is 1. The van der Waals surface area contributed by atoms with Gasteiger partial charge < -0.3 is 9.80 Å². The Bertz CT molecular complexity index is 628. The number of amides is 1. The second kappa shape index (κ2) is 7.15. The normalized spacial score (nSPS) is 15.1. The molecule has 5 nitrogen and oxygen atoms in total. The molecule has 5 heteroatoms. The average molecular weight is 310 g/mol. The van der Waals surface area contributed by atoms with E-state index in [-0.39, 0.29) is 17.9 Å². The monoisotopic (exact) mass is 310 g/mol. The number of hydrogen-bond donors (Lipinski definition) is 0. The summed E-state index contributed by atoms with van der Waals surface area (Å²) in [6, 6.07) is 9.74. The summed E-state index contributed by atoms with van der Waals surface area (Å²) in [7, 11) is 1.85. The molecule has 23 heavy (non-hydrogen) atoms. The largest absolute Gasteiger partial charge is 0.369 e. The zero-order valence-electron chi connectivity index (χ0n) is 13.9. The van der Waals surface area contributed by atoms with Crippen molar-refractivity contribution in [2.24, 2.45) is 5.92 Å². The van der Waals surface area contributed by atoms with Gasteiger partial charge in [0, 0.05) is 32.1 Å². The van der Waals surface area contributed by atoms with E-state index < -0.39 is 0 Å².